The van der Waals surface area contributed by atoms with E-state index < -0.39 is 0 Å². The fourth-order valence-electron chi connectivity index (χ4n) is 10.8. The highest BCUT2D eigenvalue weighted by Crippen LogP contribution is 2.46. The summed E-state index contributed by atoms with van der Waals surface area (Å²) in [6, 6.07) is 94.0. The molecule has 0 nitrogen and oxygen atoms in total. The van der Waals surface area contributed by atoms with Crippen molar-refractivity contribution in [2.24, 2.45) is 0 Å². The molecular weight excluding hydrogens is 793 g/mol. The molecule has 13 aromatic rings. The van der Waals surface area contributed by atoms with E-state index in [4.69, 9.17) is 0 Å². The minimum absolute atomic E-state index is 1.20. The smallest absolute Gasteiger partial charge is 0.00262 e. The molecule has 0 aliphatic rings. The van der Waals surface area contributed by atoms with Crippen LogP contribution in [0, 0.1) is 0 Å². The summed E-state index contributed by atoms with van der Waals surface area (Å²) in [5.41, 5.74) is 14.9. The van der Waals surface area contributed by atoms with Gasteiger partial charge in [0.25, 0.3) is 0 Å². The second-order valence-corrected chi connectivity index (χ2v) is 17.5. The molecule has 0 heterocycles. The third-order valence-electron chi connectivity index (χ3n) is 13.8. The van der Waals surface area contributed by atoms with Gasteiger partial charge in [0.15, 0.2) is 0 Å². The van der Waals surface area contributed by atoms with Crippen LogP contribution >= 0.6 is 0 Å². The third-order valence-corrected chi connectivity index (χ3v) is 13.8. The molecule has 0 saturated carbocycles. The van der Waals surface area contributed by atoms with Crippen LogP contribution in [-0.4, -0.2) is 0 Å². The summed E-state index contributed by atoms with van der Waals surface area (Å²) in [7, 11) is 0. The average Bonchev–Trinajstić information content (AvgIpc) is 3.39. The van der Waals surface area contributed by atoms with Gasteiger partial charge in [-0.1, -0.05) is 231 Å². The van der Waals surface area contributed by atoms with Gasteiger partial charge in [-0.15, -0.1) is 0 Å². The molecule has 0 fully saturated rings. The average molecular weight is 835 g/mol. The fraction of sp³-hybridized carbons (Fsp3) is 0. The predicted molar refractivity (Wildman–Crippen MR) is 284 cm³/mol. The zero-order valence-corrected chi connectivity index (χ0v) is 36.2. The Morgan fingerprint density at radius 2 is 0.455 bits per heavy atom. The summed E-state index contributed by atoms with van der Waals surface area (Å²) in [5, 5.41) is 15.1. The first-order chi connectivity index (χ1) is 32.7. The van der Waals surface area contributed by atoms with Crippen LogP contribution in [0.3, 0.4) is 0 Å². The van der Waals surface area contributed by atoms with Crippen LogP contribution < -0.4 is 0 Å². The monoisotopic (exact) mass is 834 g/mol. The summed E-state index contributed by atoms with van der Waals surface area (Å²) in [4.78, 5) is 0. The van der Waals surface area contributed by atoms with Crippen LogP contribution in [0.1, 0.15) is 0 Å². The Hall–Kier alpha value is -8.58. The lowest BCUT2D eigenvalue weighted by molar-refractivity contribution is 1.62. The van der Waals surface area contributed by atoms with Crippen molar-refractivity contribution in [1.82, 2.24) is 0 Å². The Labute approximate surface area is 384 Å². The lowest BCUT2D eigenvalue weighted by Gasteiger charge is -2.18. The maximum atomic E-state index is 2.39. The Morgan fingerprint density at radius 3 is 0.909 bits per heavy atom. The Morgan fingerprint density at radius 1 is 0.152 bits per heavy atom. The zero-order valence-electron chi connectivity index (χ0n) is 36.2. The number of hydrogen-bond acceptors (Lipinski definition) is 0. The molecule has 13 rings (SSSR count). The fourth-order valence-corrected chi connectivity index (χ4v) is 10.8. The van der Waals surface area contributed by atoms with Crippen molar-refractivity contribution in [3.05, 3.63) is 255 Å². The van der Waals surface area contributed by atoms with E-state index >= 15 is 0 Å². The highest BCUT2D eigenvalue weighted by atomic mass is 14.2. The highest BCUT2D eigenvalue weighted by molar-refractivity contribution is 6.23. The van der Waals surface area contributed by atoms with Gasteiger partial charge in [0.05, 0.1) is 0 Å². The van der Waals surface area contributed by atoms with Crippen LogP contribution in [0.25, 0.3) is 131 Å². The van der Waals surface area contributed by atoms with E-state index in [2.05, 4.69) is 255 Å². The van der Waals surface area contributed by atoms with Crippen molar-refractivity contribution in [2.75, 3.05) is 0 Å². The van der Waals surface area contributed by atoms with E-state index in [1.165, 1.54) is 131 Å². The molecule has 0 radical (unpaired) electrons. The van der Waals surface area contributed by atoms with E-state index in [0.717, 1.165) is 0 Å². The highest BCUT2D eigenvalue weighted by Gasteiger charge is 2.19. The van der Waals surface area contributed by atoms with Crippen LogP contribution in [0.4, 0.5) is 0 Å². The lowest BCUT2D eigenvalue weighted by Crippen LogP contribution is -1.91. The molecule has 0 aliphatic carbocycles. The maximum Gasteiger partial charge on any atom is -0.00262 e. The number of hydrogen-bond donors (Lipinski definition) is 0. The molecular formula is C66H42. The van der Waals surface area contributed by atoms with E-state index in [9.17, 15) is 0 Å². The van der Waals surface area contributed by atoms with Crippen molar-refractivity contribution in [2.45, 2.75) is 0 Å². The Kier molecular flexibility index (Phi) is 8.96. The summed E-state index contributed by atoms with van der Waals surface area (Å²) in [6.07, 6.45) is 0. The molecule has 66 heavy (non-hydrogen) atoms. The van der Waals surface area contributed by atoms with Crippen molar-refractivity contribution >= 4 is 64.6 Å². The standard InChI is InChI=1S/C66H42/c1-3-17-44(18-4-1)63-54-23-9-11-25-56(54)65(57-26-12-10-24-55(57)63)46-33-31-43(32-34-46)62-42-52(41-50-21-7-8-22-53(50)62)49-36-35-48-40-51(38-37-47(48)39-49)66-60-29-15-13-27-58(60)64(45-19-5-2-6-20-45)59-28-14-16-30-61(59)66/h1-42H. The molecule has 13 aromatic carbocycles. The van der Waals surface area contributed by atoms with Crippen molar-refractivity contribution in [3.63, 3.8) is 0 Å². The van der Waals surface area contributed by atoms with Crippen molar-refractivity contribution in [3.8, 4) is 66.8 Å². The quantitative estimate of drug-likeness (QED) is 0.146. The maximum absolute atomic E-state index is 2.39. The molecule has 0 aromatic heterocycles. The van der Waals surface area contributed by atoms with Gasteiger partial charge >= 0.3 is 0 Å². The van der Waals surface area contributed by atoms with Crippen LogP contribution in [0.15, 0.2) is 255 Å². The first-order valence-corrected chi connectivity index (χ1v) is 22.9. The molecule has 0 bridgehead atoms. The van der Waals surface area contributed by atoms with Gasteiger partial charge in [-0.2, -0.15) is 0 Å². The van der Waals surface area contributed by atoms with E-state index in [0.29, 0.717) is 0 Å². The third kappa shape index (κ3) is 6.22. The molecule has 0 amide bonds. The first kappa shape index (κ1) is 37.9. The molecule has 0 aliphatic heterocycles. The summed E-state index contributed by atoms with van der Waals surface area (Å²) < 4.78 is 0. The summed E-state index contributed by atoms with van der Waals surface area (Å²) >= 11 is 0. The first-order valence-electron chi connectivity index (χ1n) is 22.9. The van der Waals surface area contributed by atoms with Gasteiger partial charge in [-0.25, -0.2) is 0 Å². The van der Waals surface area contributed by atoms with Gasteiger partial charge in [-0.05, 0) is 156 Å². The molecule has 0 saturated heterocycles. The van der Waals surface area contributed by atoms with Crippen molar-refractivity contribution in [1.29, 1.82) is 0 Å². The predicted octanol–water partition coefficient (Wildman–Crippen LogP) is 18.6. The molecule has 0 heteroatoms. The summed E-state index contributed by atoms with van der Waals surface area (Å²) in [5.74, 6) is 0. The van der Waals surface area contributed by atoms with Crippen LogP contribution in [0.5, 0.6) is 0 Å². The lowest BCUT2D eigenvalue weighted by atomic mass is 9.85. The summed E-state index contributed by atoms with van der Waals surface area (Å²) in [6.45, 7) is 0. The van der Waals surface area contributed by atoms with Crippen LogP contribution in [-0.2, 0) is 0 Å². The second-order valence-electron chi connectivity index (χ2n) is 17.5. The van der Waals surface area contributed by atoms with Crippen molar-refractivity contribution < 1.29 is 0 Å². The van der Waals surface area contributed by atoms with Gasteiger partial charge in [0.1, 0.15) is 0 Å². The number of fused-ring (bicyclic) bond motifs is 6. The Balaban J connectivity index is 0.906. The molecule has 0 atom stereocenters. The van der Waals surface area contributed by atoms with Gasteiger partial charge in [0.2, 0.25) is 0 Å². The minimum Gasteiger partial charge on any atom is -0.0622 e. The molecule has 0 N–H and O–H groups in total. The minimum atomic E-state index is 1.20. The van der Waals surface area contributed by atoms with E-state index in [1.807, 2.05) is 0 Å². The van der Waals surface area contributed by atoms with Crippen LogP contribution in [0.2, 0.25) is 0 Å². The SMILES string of the molecule is c1ccc(-c2c3ccccc3c(-c3ccc(-c4cc(-c5ccc6cc(-c7c8ccccc8c(-c8ccccc8)c8ccccc78)ccc6c5)cc5ccccc45)cc3)c3ccccc23)cc1. The normalized spacial score (nSPS) is 11.6. The van der Waals surface area contributed by atoms with E-state index in [-0.39, 0.29) is 0 Å². The van der Waals surface area contributed by atoms with Gasteiger partial charge in [0, 0.05) is 0 Å². The van der Waals surface area contributed by atoms with Gasteiger partial charge < -0.3 is 0 Å². The number of rotatable bonds is 6. The molecule has 306 valence electrons. The largest absolute Gasteiger partial charge is 0.0622 e. The number of benzene rings is 13. The van der Waals surface area contributed by atoms with E-state index in [1.54, 1.807) is 0 Å². The Bertz CT molecular complexity index is 3900. The molecule has 0 unspecified atom stereocenters. The molecule has 0 spiro atoms. The second kappa shape index (κ2) is 15.6. The zero-order chi connectivity index (χ0) is 43.6. The van der Waals surface area contributed by atoms with Gasteiger partial charge in [-0.3, -0.25) is 0 Å². The topological polar surface area (TPSA) is 0 Å².